The van der Waals surface area contributed by atoms with E-state index in [-0.39, 0.29) is 22.7 Å². The molecule has 17 heavy (non-hydrogen) atoms. The van der Waals surface area contributed by atoms with Crippen molar-refractivity contribution in [1.29, 1.82) is 0 Å². The summed E-state index contributed by atoms with van der Waals surface area (Å²) in [6.45, 7) is 6.29. The zero-order chi connectivity index (χ0) is 12.9. The first-order valence-electron chi connectivity index (χ1n) is 5.96. The van der Waals surface area contributed by atoms with Crippen molar-refractivity contribution in [2.75, 3.05) is 12.4 Å². The van der Waals surface area contributed by atoms with E-state index in [1.165, 1.54) is 18.7 Å². The second-order valence-corrected chi connectivity index (χ2v) is 6.23. The van der Waals surface area contributed by atoms with Crippen molar-refractivity contribution in [3.8, 4) is 0 Å². The summed E-state index contributed by atoms with van der Waals surface area (Å²) in [5, 5.41) is 3.06. The molecule has 0 aliphatic carbocycles. The zero-order valence-electron chi connectivity index (χ0n) is 10.7. The van der Waals surface area contributed by atoms with Gasteiger partial charge in [0.05, 0.1) is 5.60 Å². The number of rotatable bonds is 4. The Labute approximate surface area is 107 Å². The molecular weight excluding hydrogens is 238 g/mol. The molecule has 1 saturated heterocycles. The third-order valence-electron chi connectivity index (χ3n) is 2.70. The molecule has 1 fully saturated rings. The van der Waals surface area contributed by atoms with Gasteiger partial charge in [-0.1, -0.05) is 11.8 Å². The minimum atomic E-state index is -0.148. The molecule has 0 aromatic rings. The molecule has 1 N–H and O–H groups in total. The Balaban J connectivity index is 2.24. The molecule has 1 amide bonds. The Morgan fingerprint density at radius 3 is 2.76 bits per heavy atom. The van der Waals surface area contributed by atoms with Crippen LogP contribution in [0.1, 0.15) is 40.0 Å². The van der Waals surface area contributed by atoms with E-state index in [9.17, 15) is 9.59 Å². The molecule has 0 saturated carbocycles. The average molecular weight is 259 g/mol. The van der Waals surface area contributed by atoms with Gasteiger partial charge in [-0.25, -0.2) is 0 Å². The lowest BCUT2D eigenvalue weighted by Gasteiger charge is -2.35. The third kappa shape index (κ3) is 6.07. The van der Waals surface area contributed by atoms with Crippen LogP contribution in [0.15, 0.2) is 0 Å². The minimum absolute atomic E-state index is 0.0291. The van der Waals surface area contributed by atoms with Crippen LogP contribution < -0.4 is 5.32 Å². The SMILES string of the molecule is CC(=O)SCCC(=O)NC1CCOC(C)(C)C1. The summed E-state index contributed by atoms with van der Waals surface area (Å²) in [5.74, 6) is 0.592. The summed E-state index contributed by atoms with van der Waals surface area (Å²) < 4.78 is 5.59. The van der Waals surface area contributed by atoms with Crippen molar-refractivity contribution in [3.05, 3.63) is 0 Å². The number of hydrogen-bond donors (Lipinski definition) is 1. The van der Waals surface area contributed by atoms with Crippen LogP contribution in [0.2, 0.25) is 0 Å². The summed E-state index contributed by atoms with van der Waals surface area (Å²) in [4.78, 5) is 22.3. The normalized spacial score (nSPS) is 23.1. The number of thioether (sulfide) groups is 1. The number of hydrogen-bond acceptors (Lipinski definition) is 4. The second-order valence-electron chi connectivity index (χ2n) is 4.96. The smallest absolute Gasteiger partial charge is 0.221 e. The van der Waals surface area contributed by atoms with Gasteiger partial charge in [-0.15, -0.1) is 0 Å². The highest BCUT2D eigenvalue weighted by Gasteiger charge is 2.29. The molecule has 4 nitrogen and oxygen atoms in total. The van der Waals surface area contributed by atoms with Gasteiger partial charge >= 0.3 is 0 Å². The highest BCUT2D eigenvalue weighted by Crippen LogP contribution is 2.23. The fourth-order valence-electron chi connectivity index (χ4n) is 1.94. The first kappa shape index (κ1) is 14.5. The van der Waals surface area contributed by atoms with Gasteiger partial charge < -0.3 is 10.1 Å². The lowest BCUT2D eigenvalue weighted by molar-refractivity contribution is -0.123. The summed E-state index contributed by atoms with van der Waals surface area (Å²) in [5.41, 5.74) is -0.148. The number of carbonyl (C=O) groups excluding carboxylic acids is 2. The average Bonchev–Trinajstić information content (AvgIpc) is 2.14. The summed E-state index contributed by atoms with van der Waals surface area (Å²) >= 11 is 1.20. The lowest BCUT2D eigenvalue weighted by atomic mass is 9.94. The zero-order valence-corrected chi connectivity index (χ0v) is 11.6. The van der Waals surface area contributed by atoms with Gasteiger partial charge in [0, 0.05) is 31.7 Å². The van der Waals surface area contributed by atoms with E-state index in [1.807, 2.05) is 13.8 Å². The van der Waals surface area contributed by atoms with Gasteiger partial charge in [-0.2, -0.15) is 0 Å². The van der Waals surface area contributed by atoms with Crippen LogP contribution in [0.5, 0.6) is 0 Å². The Morgan fingerprint density at radius 2 is 2.18 bits per heavy atom. The first-order chi connectivity index (χ1) is 7.89. The van der Waals surface area contributed by atoms with E-state index < -0.39 is 0 Å². The Bertz CT molecular complexity index is 291. The van der Waals surface area contributed by atoms with Crippen LogP contribution in [0.4, 0.5) is 0 Å². The van der Waals surface area contributed by atoms with Crippen LogP contribution >= 0.6 is 11.8 Å². The van der Waals surface area contributed by atoms with E-state index in [2.05, 4.69) is 5.32 Å². The largest absolute Gasteiger partial charge is 0.375 e. The van der Waals surface area contributed by atoms with Gasteiger partial charge in [0.1, 0.15) is 0 Å². The van der Waals surface area contributed by atoms with E-state index in [4.69, 9.17) is 4.74 Å². The van der Waals surface area contributed by atoms with E-state index in [1.54, 1.807) is 0 Å². The summed E-state index contributed by atoms with van der Waals surface area (Å²) in [7, 11) is 0. The van der Waals surface area contributed by atoms with E-state index in [0.717, 1.165) is 12.8 Å². The molecule has 98 valence electrons. The van der Waals surface area contributed by atoms with Crippen molar-refractivity contribution < 1.29 is 14.3 Å². The third-order valence-corrected chi connectivity index (χ3v) is 3.51. The molecule has 0 aromatic carbocycles. The monoisotopic (exact) mass is 259 g/mol. The molecule has 0 bridgehead atoms. The highest BCUT2D eigenvalue weighted by atomic mass is 32.2. The molecule has 5 heteroatoms. The Morgan fingerprint density at radius 1 is 1.47 bits per heavy atom. The molecule has 0 radical (unpaired) electrons. The van der Waals surface area contributed by atoms with Crippen molar-refractivity contribution >= 4 is 22.8 Å². The predicted octanol–water partition coefficient (Wildman–Crippen LogP) is 1.73. The van der Waals surface area contributed by atoms with Gasteiger partial charge in [0.25, 0.3) is 0 Å². The Hall–Kier alpha value is -0.550. The maximum atomic E-state index is 11.6. The number of amides is 1. The molecule has 1 aliphatic rings. The predicted molar refractivity (Wildman–Crippen MR) is 69.0 cm³/mol. The molecule has 1 aliphatic heterocycles. The number of ether oxygens (including phenoxy) is 1. The van der Waals surface area contributed by atoms with Gasteiger partial charge in [-0.3, -0.25) is 9.59 Å². The standard InChI is InChI=1S/C12H21NO3S/c1-9(14)17-7-5-11(15)13-10-4-6-16-12(2,3)8-10/h10H,4-8H2,1-3H3,(H,13,15). The minimum Gasteiger partial charge on any atom is -0.375 e. The van der Waals surface area contributed by atoms with Gasteiger partial charge in [0.2, 0.25) is 5.91 Å². The molecular formula is C12H21NO3S. The molecule has 1 atom stereocenters. The molecule has 0 spiro atoms. The van der Waals surface area contributed by atoms with E-state index in [0.29, 0.717) is 18.8 Å². The van der Waals surface area contributed by atoms with Crippen molar-refractivity contribution in [3.63, 3.8) is 0 Å². The van der Waals surface area contributed by atoms with Crippen LogP contribution in [0.25, 0.3) is 0 Å². The Kier molecular flexibility index (Phi) is 5.46. The molecule has 1 heterocycles. The fourth-order valence-corrected chi connectivity index (χ4v) is 2.52. The first-order valence-corrected chi connectivity index (χ1v) is 6.94. The topological polar surface area (TPSA) is 55.4 Å². The number of carbonyl (C=O) groups is 2. The summed E-state index contributed by atoms with van der Waals surface area (Å²) in [6.07, 6.45) is 2.12. The molecule has 1 unspecified atom stereocenters. The summed E-state index contributed by atoms with van der Waals surface area (Å²) in [6, 6.07) is 0.202. The maximum Gasteiger partial charge on any atom is 0.221 e. The van der Waals surface area contributed by atoms with Crippen molar-refractivity contribution in [1.82, 2.24) is 5.32 Å². The van der Waals surface area contributed by atoms with Crippen molar-refractivity contribution in [2.24, 2.45) is 0 Å². The highest BCUT2D eigenvalue weighted by molar-refractivity contribution is 8.13. The van der Waals surface area contributed by atoms with Crippen LogP contribution in [0.3, 0.4) is 0 Å². The van der Waals surface area contributed by atoms with Crippen molar-refractivity contribution in [2.45, 2.75) is 51.7 Å². The second kappa shape index (κ2) is 6.40. The quantitative estimate of drug-likeness (QED) is 0.835. The van der Waals surface area contributed by atoms with Crippen LogP contribution in [0, 0.1) is 0 Å². The molecule has 0 aromatic heterocycles. The lowest BCUT2D eigenvalue weighted by Crippen LogP contribution is -2.45. The number of nitrogens with one attached hydrogen (secondary N) is 1. The molecule has 1 rings (SSSR count). The maximum absolute atomic E-state index is 11.6. The van der Waals surface area contributed by atoms with Crippen LogP contribution in [-0.4, -0.2) is 35.0 Å². The van der Waals surface area contributed by atoms with Gasteiger partial charge in [0.15, 0.2) is 5.12 Å². The van der Waals surface area contributed by atoms with Gasteiger partial charge in [-0.05, 0) is 26.7 Å². The van der Waals surface area contributed by atoms with Crippen LogP contribution in [-0.2, 0) is 14.3 Å². The van der Waals surface area contributed by atoms with E-state index >= 15 is 0 Å². The fraction of sp³-hybridized carbons (Fsp3) is 0.833.